The van der Waals surface area contributed by atoms with Gasteiger partial charge in [0.1, 0.15) is 5.75 Å². The molecule has 0 fully saturated rings. The first-order valence-electron chi connectivity index (χ1n) is 8.20. The van der Waals surface area contributed by atoms with Crippen LogP contribution in [0.2, 0.25) is 10.0 Å². The standard InChI is InChI=1S/C18H16Cl2N2O5S/c1-10-2-3-11(19)6-13(10)21-17(23)4-5-28(25,26)16-8-15-14(7-12(16)20)22-18(24)9-27-15/h2-3,6-8H,4-5,9H2,1H3,(H,21,23)(H,22,24). The zero-order valence-electron chi connectivity index (χ0n) is 14.7. The van der Waals surface area contributed by atoms with E-state index in [1.54, 1.807) is 25.1 Å². The van der Waals surface area contributed by atoms with E-state index in [0.29, 0.717) is 16.4 Å². The minimum absolute atomic E-state index is 0.0596. The Bertz CT molecular complexity index is 1070. The summed E-state index contributed by atoms with van der Waals surface area (Å²) < 4.78 is 30.5. The number of carbonyl (C=O) groups excluding carboxylic acids is 2. The van der Waals surface area contributed by atoms with Crippen molar-refractivity contribution in [2.75, 3.05) is 23.0 Å². The van der Waals surface area contributed by atoms with Crippen molar-refractivity contribution in [2.45, 2.75) is 18.2 Å². The molecule has 1 aliphatic rings. The van der Waals surface area contributed by atoms with Gasteiger partial charge in [0.15, 0.2) is 16.4 Å². The van der Waals surface area contributed by atoms with Crippen LogP contribution in [0.3, 0.4) is 0 Å². The van der Waals surface area contributed by atoms with Crippen LogP contribution in [0.4, 0.5) is 11.4 Å². The fourth-order valence-electron chi connectivity index (χ4n) is 2.60. The van der Waals surface area contributed by atoms with Gasteiger partial charge in [0.25, 0.3) is 5.91 Å². The molecule has 10 heteroatoms. The molecule has 2 aromatic carbocycles. The maximum Gasteiger partial charge on any atom is 0.262 e. The average Bonchev–Trinajstić information content (AvgIpc) is 2.62. The van der Waals surface area contributed by atoms with E-state index in [9.17, 15) is 18.0 Å². The summed E-state index contributed by atoms with van der Waals surface area (Å²) in [5.74, 6) is -1.05. The van der Waals surface area contributed by atoms with Crippen LogP contribution < -0.4 is 15.4 Å². The van der Waals surface area contributed by atoms with E-state index in [2.05, 4.69) is 10.6 Å². The van der Waals surface area contributed by atoms with Crippen molar-refractivity contribution in [3.8, 4) is 5.75 Å². The SMILES string of the molecule is Cc1ccc(Cl)cc1NC(=O)CCS(=O)(=O)c1cc2c(cc1Cl)NC(=O)CO2. The summed E-state index contributed by atoms with van der Waals surface area (Å²) in [4.78, 5) is 23.4. The molecular weight excluding hydrogens is 427 g/mol. The molecule has 2 aromatic rings. The van der Waals surface area contributed by atoms with Gasteiger partial charge in [0, 0.05) is 23.2 Å². The lowest BCUT2D eigenvalue weighted by atomic mass is 10.2. The second-order valence-corrected chi connectivity index (χ2v) is 9.11. The van der Waals surface area contributed by atoms with E-state index in [1.165, 1.54) is 12.1 Å². The lowest BCUT2D eigenvalue weighted by Gasteiger charge is -2.19. The third-order valence-electron chi connectivity index (χ3n) is 4.07. The molecular formula is C18H16Cl2N2O5S. The lowest BCUT2D eigenvalue weighted by molar-refractivity contribution is -0.118. The normalized spacial score (nSPS) is 13.3. The summed E-state index contributed by atoms with van der Waals surface area (Å²) in [5, 5.41) is 5.60. The van der Waals surface area contributed by atoms with Crippen LogP contribution in [-0.2, 0) is 19.4 Å². The van der Waals surface area contributed by atoms with Crippen LogP contribution in [0, 0.1) is 6.92 Å². The van der Waals surface area contributed by atoms with Crippen molar-refractivity contribution in [3.63, 3.8) is 0 Å². The highest BCUT2D eigenvalue weighted by molar-refractivity contribution is 7.91. The summed E-state index contributed by atoms with van der Waals surface area (Å²) in [5.41, 5.74) is 1.62. The van der Waals surface area contributed by atoms with Crippen LogP contribution >= 0.6 is 23.2 Å². The highest BCUT2D eigenvalue weighted by Crippen LogP contribution is 2.36. The Hall–Kier alpha value is -2.29. The topological polar surface area (TPSA) is 102 Å². The molecule has 0 saturated heterocycles. The molecule has 0 unspecified atom stereocenters. The number of amides is 2. The summed E-state index contributed by atoms with van der Waals surface area (Å²) in [7, 11) is -3.86. The zero-order chi connectivity index (χ0) is 20.5. The smallest absolute Gasteiger partial charge is 0.262 e. The monoisotopic (exact) mass is 442 g/mol. The van der Waals surface area contributed by atoms with E-state index < -0.39 is 21.5 Å². The molecule has 0 bridgehead atoms. The van der Waals surface area contributed by atoms with Gasteiger partial charge in [-0.2, -0.15) is 0 Å². The zero-order valence-corrected chi connectivity index (χ0v) is 17.0. The van der Waals surface area contributed by atoms with E-state index in [0.717, 1.165) is 5.56 Å². The number of hydrogen-bond donors (Lipinski definition) is 2. The molecule has 1 aliphatic heterocycles. The van der Waals surface area contributed by atoms with Gasteiger partial charge in [0.2, 0.25) is 5.91 Å². The number of ether oxygens (including phenoxy) is 1. The Kier molecular flexibility index (Phi) is 5.83. The number of rotatable bonds is 5. The van der Waals surface area contributed by atoms with Crippen LogP contribution in [0.5, 0.6) is 5.75 Å². The predicted octanol–water partition coefficient (Wildman–Crippen LogP) is 3.44. The number of halogens is 2. The number of aryl methyl sites for hydroxylation is 1. The number of nitrogens with one attached hydrogen (secondary N) is 2. The summed E-state index contributed by atoms with van der Waals surface area (Å²) in [6.45, 7) is 1.59. The van der Waals surface area contributed by atoms with Crippen molar-refractivity contribution in [1.82, 2.24) is 0 Å². The van der Waals surface area contributed by atoms with Gasteiger partial charge in [-0.15, -0.1) is 0 Å². The second kappa shape index (κ2) is 7.98. The molecule has 0 spiro atoms. The Balaban J connectivity index is 1.73. The number of carbonyl (C=O) groups is 2. The van der Waals surface area contributed by atoms with E-state index in [4.69, 9.17) is 27.9 Å². The molecule has 0 radical (unpaired) electrons. The van der Waals surface area contributed by atoms with Gasteiger partial charge in [0.05, 0.1) is 21.4 Å². The van der Waals surface area contributed by atoms with Gasteiger partial charge in [-0.25, -0.2) is 8.42 Å². The second-order valence-electron chi connectivity index (χ2n) is 6.19. The van der Waals surface area contributed by atoms with Gasteiger partial charge in [-0.1, -0.05) is 29.3 Å². The maximum absolute atomic E-state index is 12.7. The molecule has 3 rings (SSSR count). The molecule has 0 aliphatic carbocycles. The van der Waals surface area contributed by atoms with E-state index in [-0.39, 0.29) is 34.6 Å². The third kappa shape index (κ3) is 4.57. The quantitative estimate of drug-likeness (QED) is 0.738. The third-order valence-corrected chi connectivity index (χ3v) is 6.48. The molecule has 0 atom stereocenters. The molecule has 0 aromatic heterocycles. The highest BCUT2D eigenvalue weighted by Gasteiger charge is 2.25. The van der Waals surface area contributed by atoms with Crippen molar-refractivity contribution < 1.29 is 22.7 Å². The fraction of sp³-hybridized carbons (Fsp3) is 0.222. The highest BCUT2D eigenvalue weighted by atomic mass is 35.5. The molecule has 148 valence electrons. The van der Waals surface area contributed by atoms with Gasteiger partial charge >= 0.3 is 0 Å². The van der Waals surface area contributed by atoms with E-state index >= 15 is 0 Å². The van der Waals surface area contributed by atoms with Crippen LogP contribution in [0.25, 0.3) is 0 Å². The average molecular weight is 443 g/mol. The molecule has 0 saturated carbocycles. The largest absolute Gasteiger partial charge is 0.482 e. The number of hydrogen-bond acceptors (Lipinski definition) is 5. The van der Waals surface area contributed by atoms with Crippen LogP contribution in [-0.4, -0.2) is 32.6 Å². The maximum atomic E-state index is 12.7. The predicted molar refractivity (Wildman–Crippen MR) is 107 cm³/mol. The minimum Gasteiger partial charge on any atom is -0.482 e. The van der Waals surface area contributed by atoms with Gasteiger partial charge in [-0.3, -0.25) is 9.59 Å². The number of anilines is 2. The number of benzene rings is 2. The Labute approximate surface area is 171 Å². The first-order chi connectivity index (χ1) is 13.2. The number of sulfone groups is 1. The first kappa shape index (κ1) is 20.4. The molecule has 2 amide bonds. The summed E-state index contributed by atoms with van der Waals surface area (Å²) >= 11 is 12.0. The minimum atomic E-state index is -3.86. The molecule has 28 heavy (non-hydrogen) atoms. The molecule has 7 nitrogen and oxygen atoms in total. The molecule has 1 heterocycles. The Morgan fingerprint density at radius 3 is 2.75 bits per heavy atom. The number of fused-ring (bicyclic) bond motifs is 1. The lowest BCUT2D eigenvalue weighted by Crippen LogP contribution is -2.25. The van der Waals surface area contributed by atoms with Crippen LogP contribution in [0.1, 0.15) is 12.0 Å². The van der Waals surface area contributed by atoms with Gasteiger partial charge in [-0.05, 0) is 30.7 Å². The van der Waals surface area contributed by atoms with Crippen molar-refractivity contribution in [3.05, 3.63) is 45.9 Å². The molecule has 2 N–H and O–H groups in total. The van der Waals surface area contributed by atoms with E-state index in [1.807, 2.05) is 0 Å². The van der Waals surface area contributed by atoms with Crippen molar-refractivity contribution in [2.24, 2.45) is 0 Å². The fourth-order valence-corrected chi connectivity index (χ4v) is 4.60. The Morgan fingerprint density at radius 1 is 1.25 bits per heavy atom. The van der Waals surface area contributed by atoms with Gasteiger partial charge < -0.3 is 15.4 Å². The summed E-state index contributed by atoms with van der Waals surface area (Å²) in [6.07, 6.45) is -0.265. The van der Waals surface area contributed by atoms with Crippen molar-refractivity contribution >= 4 is 56.2 Å². The van der Waals surface area contributed by atoms with Crippen LogP contribution in [0.15, 0.2) is 35.2 Å². The van der Waals surface area contributed by atoms with Crippen molar-refractivity contribution in [1.29, 1.82) is 0 Å². The first-order valence-corrected chi connectivity index (χ1v) is 10.6. The Morgan fingerprint density at radius 2 is 2.00 bits per heavy atom. The summed E-state index contributed by atoms with van der Waals surface area (Å²) in [6, 6.07) is 7.61.